The van der Waals surface area contributed by atoms with Crippen molar-refractivity contribution in [1.82, 2.24) is 15.1 Å². The van der Waals surface area contributed by atoms with E-state index in [1.807, 2.05) is 13.8 Å². The van der Waals surface area contributed by atoms with E-state index in [4.69, 9.17) is 32.9 Å². The normalized spacial score (nSPS) is 13.5. The Morgan fingerprint density at radius 1 is 0.976 bits per heavy atom. The van der Waals surface area contributed by atoms with Crippen molar-refractivity contribution in [3.63, 3.8) is 0 Å². The Morgan fingerprint density at radius 3 is 2.07 bits per heavy atom. The van der Waals surface area contributed by atoms with Crippen LogP contribution in [0.15, 0.2) is 66.7 Å². The zero-order valence-electron chi connectivity index (χ0n) is 22.3. The Bertz CT molecular complexity index is 1710. The molecule has 14 heteroatoms. The molecule has 2 atom stereocenters. The predicted octanol–water partition coefficient (Wildman–Crippen LogP) is 7.30. The SMILES string of the molecule is Cc1c(-c2cc(Cl)cc(Cl)c2)nn(C(C)c2ccc(C(=O)NC(C)S(=O)(=O)O)cc2)c1-c1ccc(OC(F)(F)F)cc1. The van der Waals surface area contributed by atoms with Crippen molar-refractivity contribution < 1.29 is 35.7 Å². The first-order chi connectivity index (χ1) is 19.5. The number of nitrogens with one attached hydrogen (secondary N) is 1. The molecule has 42 heavy (non-hydrogen) atoms. The molecule has 0 radical (unpaired) electrons. The third-order valence-corrected chi connectivity index (χ3v) is 7.90. The van der Waals surface area contributed by atoms with Crippen LogP contribution < -0.4 is 10.1 Å². The maximum atomic E-state index is 12.7. The zero-order chi connectivity index (χ0) is 31.0. The first kappa shape index (κ1) is 31.4. The molecule has 8 nitrogen and oxygen atoms in total. The third kappa shape index (κ3) is 7.24. The molecule has 0 aliphatic heterocycles. The van der Waals surface area contributed by atoms with Gasteiger partial charge in [-0.25, -0.2) is 0 Å². The van der Waals surface area contributed by atoms with Crippen molar-refractivity contribution in [1.29, 1.82) is 0 Å². The highest BCUT2D eigenvalue weighted by molar-refractivity contribution is 7.86. The number of aromatic nitrogens is 2. The van der Waals surface area contributed by atoms with Crippen LogP contribution in [0.25, 0.3) is 22.5 Å². The second-order valence-corrected chi connectivity index (χ2v) is 12.0. The molecular weight excluding hydrogens is 618 g/mol. The molecule has 0 bridgehead atoms. The summed E-state index contributed by atoms with van der Waals surface area (Å²) in [6.07, 6.45) is -4.83. The number of amides is 1. The second kappa shape index (κ2) is 12.0. The number of ether oxygens (including phenoxy) is 1. The molecule has 1 amide bonds. The largest absolute Gasteiger partial charge is 0.573 e. The number of benzene rings is 3. The molecule has 3 aromatic carbocycles. The zero-order valence-corrected chi connectivity index (χ0v) is 24.6. The third-order valence-electron chi connectivity index (χ3n) is 6.45. The highest BCUT2D eigenvalue weighted by atomic mass is 35.5. The van der Waals surface area contributed by atoms with Gasteiger partial charge in [0.05, 0.1) is 17.4 Å². The minimum Gasteiger partial charge on any atom is -0.406 e. The Hall–Kier alpha value is -3.58. The summed E-state index contributed by atoms with van der Waals surface area (Å²) in [7, 11) is -4.46. The van der Waals surface area contributed by atoms with Crippen LogP contribution in [0.1, 0.15) is 41.4 Å². The lowest BCUT2D eigenvalue weighted by atomic mass is 10.0. The number of nitrogens with zero attached hydrogens (tertiary/aromatic N) is 2. The number of rotatable bonds is 8. The van der Waals surface area contributed by atoms with Gasteiger partial charge < -0.3 is 10.1 Å². The second-order valence-electron chi connectivity index (χ2n) is 9.43. The monoisotopic (exact) mass is 641 g/mol. The van der Waals surface area contributed by atoms with E-state index in [1.54, 1.807) is 35.0 Å². The average molecular weight is 642 g/mol. The molecule has 1 heterocycles. The maximum absolute atomic E-state index is 12.7. The Morgan fingerprint density at radius 2 is 1.55 bits per heavy atom. The summed E-state index contributed by atoms with van der Waals surface area (Å²) in [4.78, 5) is 12.5. The van der Waals surface area contributed by atoms with Gasteiger partial charge in [-0.15, -0.1) is 13.2 Å². The minimum atomic E-state index is -4.83. The lowest BCUT2D eigenvalue weighted by molar-refractivity contribution is -0.274. The van der Waals surface area contributed by atoms with E-state index in [-0.39, 0.29) is 11.3 Å². The van der Waals surface area contributed by atoms with Crippen molar-refractivity contribution in [3.8, 4) is 28.3 Å². The van der Waals surface area contributed by atoms with Gasteiger partial charge in [-0.2, -0.15) is 13.5 Å². The van der Waals surface area contributed by atoms with Crippen LogP contribution in [0.2, 0.25) is 10.0 Å². The smallest absolute Gasteiger partial charge is 0.406 e. The van der Waals surface area contributed by atoms with Gasteiger partial charge in [0.15, 0.2) is 5.37 Å². The van der Waals surface area contributed by atoms with E-state index in [0.717, 1.165) is 6.92 Å². The molecule has 0 spiro atoms. The van der Waals surface area contributed by atoms with Crippen LogP contribution in [0, 0.1) is 6.92 Å². The van der Waals surface area contributed by atoms with E-state index >= 15 is 0 Å². The number of hydrogen-bond donors (Lipinski definition) is 2. The molecule has 2 unspecified atom stereocenters. The van der Waals surface area contributed by atoms with Crippen molar-refractivity contribution in [2.45, 2.75) is 38.5 Å². The summed E-state index contributed by atoms with van der Waals surface area (Å²) >= 11 is 12.5. The predicted molar refractivity (Wildman–Crippen MR) is 153 cm³/mol. The van der Waals surface area contributed by atoms with E-state index < -0.39 is 33.8 Å². The fourth-order valence-electron chi connectivity index (χ4n) is 4.32. The molecule has 1 aromatic heterocycles. The molecule has 4 rings (SSSR count). The van der Waals surface area contributed by atoms with Crippen LogP contribution in [-0.2, 0) is 10.1 Å². The van der Waals surface area contributed by atoms with Gasteiger partial charge in [-0.05, 0) is 80.9 Å². The summed E-state index contributed by atoms with van der Waals surface area (Å²) in [5.41, 5.74) is 3.94. The summed E-state index contributed by atoms with van der Waals surface area (Å²) in [5.74, 6) is -1.07. The number of hydrogen-bond acceptors (Lipinski definition) is 5. The van der Waals surface area contributed by atoms with Crippen LogP contribution in [0.5, 0.6) is 5.75 Å². The van der Waals surface area contributed by atoms with Crippen molar-refractivity contribution >= 4 is 39.2 Å². The van der Waals surface area contributed by atoms with Crippen LogP contribution >= 0.6 is 23.2 Å². The Balaban J connectivity index is 1.75. The van der Waals surface area contributed by atoms with E-state index in [1.165, 1.54) is 36.4 Å². The molecule has 0 saturated heterocycles. The average Bonchev–Trinajstić information content (AvgIpc) is 3.23. The summed E-state index contributed by atoms with van der Waals surface area (Å²) in [5, 5.41) is 6.34. The van der Waals surface area contributed by atoms with Gasteiger partial charge in [-0.3, -0.25) is 14.0 Å². The highest BCUT2D eigenvalue weighted by Gasteiger charge is 2.31. The lowest BCUT2D eigenvalue weighted by Gasteiger charge is -2.18. The quantitative estimate of drug-likeness (QED) is 0.195. The topological polar surface area (TPSA) is 111 Å². The fourth-order valence-corrected chi connectivity index (χ4v) is 5.10. The van der Waals surface area contributed by atoms with E-state index in [0.29, 0.717) is 43.7 Å². The molecule has 222 valence electrons. The number of carbonyl (C=O) groups excluding carboxylic acids is 1. The van der Waals surface area contributed by atoms with Crippen LogP contribution in [0.4, 0.5) is 13.2 Å². The summed E-state index contributed by atoms with van der Waals surface area (Å²) < 4.78 is 75.5. The first-order valence-electron chi connectivity index (χ1n) is 12.3. The van der Waals surface area contributed by atoms with Crippen LogP contribution in [0.3, 0.4) is 0 Å². The van der Waals surface area contributed by atoms with Crippen molar-refractivity contribution in [3.05, 3.63) is 93.5 Å². The van der Waals surface area contributed by atoms with Gasteiger partial charge in [0.1, 0.15) is 5.75 Å². The first-order valence-corrected chi connectivity index (χ1v) is 14.6. The van der Waals surface area contributed by atoms with E-state index in [9.17, 15) is 26.4 Å². The molecular formula is C28H24Cl2F3N3O5S. The summed E-state index contributed by atoms with van der Waals surface area (Å²) in [6.45, 7) is 4.80. The highest BCUT2D eigenvalue weighted by Crippen LogP contribution is 2.38. The molecule has 0 saturated carbocycles. The fraction of sp³-hybridized carbons (Fsp3) is 0.214. The number of halogens is 5. The van der Waals surface area contributed by atoms with Gasteiger partial charge in [-0.1, -0.05) is 35.3 Å². The van der Waals surface area contributed by atoms with Gasteiger partial charge in [0.2, 0.25) is 0 Å². The van der Waals surface area contributed by atoms with E-state index in [2.05, 4.69) is 10.1 Å². The van der Waals surface area contributed by atoms with Crippen molar-refractivity contribution in [2.24, 2.45) is 0 Å². The maximum Gasteiger partial charge on any atom is 0.573 e. The van der Waals surface area contributed by atoms with Crippen molar-refractivity contribution in [2.75, 3.05) is 0 Å². The minimum absolute atomic E-state index is 0.160. The Kier molecular flexibility index (Phi) is 8.93. The van der Waals surface area contributed by atoms with Gasteiger partial charge in [0.25, 0.3) is 16.0 Å². The Labute approximate surface area is 249 Å². The number of carbonyl (C=O) groups is 1. The van der Waals surface area contributed by atoms with Gasteiger partial charge in [0, 0.05) is 32.3 Å². The molecule has 0 fully saturated rings. The standard InChI is InChI=1S/C28H24Cl2F3N3O5S/c1-15-25(21-12-22(29)14-23(30)13-21)35-36(26(15)19-8-10-24(11-9-19)41-28(31,32)33)16(2)18-4-6-20(7-5-18)27(37)34-17(3)42(38,39)40/h4-14,16-17H,1-3H3,(H,34,37)(H,38,39,40). The lowest BCUT2D eigenvalue weighted by Crippen LogP contribution is -2.38. The number of alkyl halides is 3. The van der Waals surface area contributed by atoms with Crippen LogP contribution in [-0.4, -0.2) is 40.4 Å². The molecule has 2 N–H and O–H groups in total. The molecule has 0 aliphatic carbocycles. The molecule has 0 aliphatic rings. The molecule has 4 aromatic rings. The summed E-state index contributed by atoms with van der Waals surface area (Å²) in [6, 6.07) is 16.2. The van der Waals surface area contributed by atoms with Gasteiger partial charge >= 0.3 is 6.36 Å².